The topological polar surface area (TPSA) is 35.2 Å². The van der Waals surface area contributed by atoms with Gasteiger partial charge in [-0.2, -0.15) is 0 Å². The van der Waals surface area contributed by atoms with Crippen LogP contribution in [-0.4, -0.2) is 0 Å². The van der Waals surface area contributed by atoms with Crippen LogP contribution >= 0.6 is 15.9 Å². The van der Waals surface area contributed by atoms with Gasteiger partial charge in [-0.15, -0.1) is 0 Å². The molecule has 3 rings (SSSR count). The number of hydrogen-bond donors (Lipinski definition) is 1. The summed E-state index contributed by atoms with van der Waals surface area (Å²) in [6.07, 6.45) is -0.465. The molecule has 0 aliphatic carbocycles. The Kier molecular flexibility index (Phi) is 3.67. The van der Waals surface area contributed by atoms with Crippen molar-refractivity contribution < 1.29 is 17.9 Å². The Hall–Kier alpha value is -1.53. The SMILES string of the molecule is NC1CC(c2cc(F)c(F)cc2F)Oc2cc(Br)ccc21. The zero-order chi connectivity index (χ0) is 15.1. The van der Waals surface area contributed by atoms with Gasteiger partial charge in [0.05, 0.1) is 0 Å². The smallest absolute Gasteiger partial charge is 0.161 e. The molecule has 1 aliphatic heterocycles. The van der Waals surface area contributed by atoms with E-state index in [2.05, 4.69) is 15.9 Å². The minimum absolute atomic E-state index is 0.0324. The summed E-state index contributed by atoms with van der Waals surface area (Å²) in [5.41, 5.74) is 6.83. The van der Waals surface area contributed by atoms with Crippen LogP contribution in [0, 0.1) is 17.5 Å². The summed E-state index contributed by atoms with van der Waals surface area (Å²) < 4.78 is 46.7. The fourth-order valence-corrected chi connectivity index (χ4v) is 2.79. The Morgan fingerprint density at radius 2 is 1.71 bits per heavy atom. The van der Waals surface area contributed by atoms with Gasteiger partial charge in [0.25, 0.3) is 0 Å². The van der Waals surface area contributed by atoms with Crippen molar-refractivity contribution in [1.82, 2.24) is 0 Å². The molecule has 2 atom stereocenters. The van der Waals surface area contributed by atoms with Crippen LogP contribution in [0.2, 0.25) is 0 Å². The van der Waals surface area contributed by atoms with Gasteiger partial charge in [-0.1, -0.05) is 22.0 Å². The molecule has 1 aliphatic rings. The van der Waals surface area contributed by atoms with Crippen molar-refractivity contribution in [3.05, 3.63) is 63.4 Å². The molecule has 0 bridgehead atoms. The average Bonchev–Trinajstić information content (AvgIpc) is 2.42. The largest absolute Gasteiger partial charge is 0.485 e. The lowest BCUT2D eigenvalue weighted by Gasteiger charge is -2.31. The standard InChI is InChI=1S/C15H11BrF3NO/c16-7-1-2-8-13(20)6-15(21-14(8)3-7)9-4-11(18)12(19)5-10(9)17/h1-5,13,15H,6,20H2. The summed E-state index contributed by atoms with van der Waals surface area (Å²) in [5, 5.41) is 0. The van der Waals surface area contributed by atoms with Crippen LogP contribution in [0.5, 0.6) is 5.75 Å². The van der Waals surface area contributed by atoms with E-state index in [1.165, 1.54) is 0 Å². The van der Waals surface area contributed by atoms with Crippen LogP contribution in [0.4, 0.5) is 13.2 Å². The second-order valence-corrected chi connectivity index (χ2v) is 5.83. The summed E-state index contributed by atoms with van der Waals surface area (Å²) in [7, 11) is 0. The van der Waals surface area contributed by atoms with E-state index in [4.69, 9.17) is 10.5 Å². The maximum atomic E-state index is 13.9. The number of benzene rings is 2. The highest BCUT2D eigenvalue weighted by molar-refractivity contribution is 9.10. The number of hydrogen-bond acceptors (Lipinski definition) is 2. The third kappa shape index (κ3) is 2.65. The molecule has 0 saturated heterocycles. The first-order chi connectivity index (χ1) is 9.95. The highest BCUT2D eigenvalue weighted by Gasteiger charge is 2.29. The summed E-state index contributed by atoms with van der Waals surface area (Å²) in [5.74, 6) is -2.66. The summed E-state index contributed by atoms with van der Waals surface area (Å²) >= 11 is 3.32. The maximum Gasteiger partial charge on any atom is 0.161 e. The van der Waals surface area contributed by atoms with Crippen molar-refractivity contribution >= 4 is 15.9 Å². The highest BCUT2D eigenvalue weighted by Crippen LogP contribution is 2.41. The second kappa shape index (κ2) is 5.35. The monoisotopic (exact) mass is 357 g/mol. The molecule has 2 N–H and O–H groups in total. The van der Waals surface area contributed by atoms with E-state index in [-0.39, 0.29) is 18.0 Å². The Bertz CT molecular complexity index is 708. The molecule has 2 unspecified atom stereocenters. The molecule has 2 aromatic carbocycles. The Labute approximate surface area is 127 Å². The molecule has 1 heterocycles. The van der Waals surface area contributed by atoms with Gasteiger partial charge in [-0.25, -0.2) is 13.2 Å². The van der Waals surface area contributed by atoms with Crippen LogP contribution in [-0.2, 0) is 0 Å². The summed E-state index contributed by atoms with van der Waals surface area (Å²) in [4.78, 5) is 0. The lowest BCUT2D eigenvalue weighted by Crippen LogP contribution is -2.25. The number of rotatable bonds is 1. The van der Waals surface area contributed by atoms with Crippen molar-refractivity contribution in [3.8, 4) is 5.75 Å². The number of nitrogens with two attached hydrogens (primary N) is 1. The van der Waals surface area contributed by atoms with Gasteiger partial charge in [-0.3, -0.25) is 0 Å². The van der Waals surface area contributed by atoms with Crippen molar-refractivity contribution in [3.63, 3.8) is 0 Å². The van der Waals surface area contributed by atoms with E-state index in [0.717, 1.165) is 16.1 Å². The molecule has 0 fully saturated rings. The molecular weight excluding hydrogens is 347 g/mol. The van der Waals surface area contributed by atoms with Crippen LogP contribution in [0.25, 0.3) is 0 Å². The van der Waals surface area contributed by atoms with Gasteiger partial charge < -0.3 is 10.5 Å². The normalized spacial score (nSPS) is 20.8. The highest BCUT2D eigenvalue weighted by atomic mass is 79.9. The second-order valence-electron chi connectivity index (χ2n) is 4.92. The molecule has 0 spiro atoms. The number of ether oxygens (including phenoxy) is 1. The van der Waals surface area contributed by atoms with E-state index in [1.807, 2.05) is 12.1 Å². The first-order valence-corrected chi connectivity index (χ1v) is 7.11. The zero-order valence-corrected chi connectivity index (χ0v) is 12.3. The quantitative estimate of drug-likeness (QED) is 0.768. The Morgan fingerprint density at radius 3 is 2.48 bits per heavy atom. The van der Waals surface area contributed by atoms with Crippen molar-refractivity contribution in [2.75, 3.05) is 0 Å². The molecule has 0 amide bonds. The van der Waals surface area contributed by atoms with Crippen LogP contribution in [0.15, 0.2) is 34.8 Å². The van der Waals surface area contributed by atoms with Gasteiger partial charge in [0, 0.05) is 34.1 Å². The zero-order valence-electron chi connectivity index (χ0n) is 10.7. The van der Waals surface area contributed by atoms with E-state index >= 15 is 0 Å². The number of halogens is 4. The van der Waals surface area contributed by atoms with Gasteiger partial charge in [0.1, 0.15) is 17.7 Å². The fourth-order valence-electron chi connectivity index (χ4n) is 2.45. The van der Waals surface area contributed by atoms with E-state index in [1.54, 1.807) is 6.07 Å². The lowest BCUT2D eigenvalue weighted by atomic mass is 9.93. The van der Waals surface area contributed by atoms with Crippen molar-refractivity contribution in [2.45, 2.75) is 18.6 Å². The van der Waals surface area contributed by atoms with Gasteiger partial charge in [0.15, 0.2) is 11.6 Å². The van der Waals surface area contributed by atoms with Gasteiger partial charge in [0.2, 0.25) is 0 Å². The molecular formula is C15H11BrF3NO. The fraction of sp³-hybridized carbons (Fsp3) is 0.200. The predicted octanol–water partition coefficient (Wildman–Crippen LogP) is 4.39. The first-order valence-electron chi connectivity index (χ1n) is 6.32. The van der Waals surface area contributed by atoms with Crippen molar-refractivity contribution in [1.29, 1.82) is 0 Å². The molecule has 0 radical (unpaired) electrons. The van der Waals surface area contributed by atoms with Crippen LogP contribution in [0.1, 0.15) is 29.7 Å². The summed E-state index contributed by atoms with van der Waals surface area (Å²) in [6, 6.07) is 6.36. The number of fused-ring (bicyclic) bond motifs is 1. The Balaban J connectivity index is 2.01. The molecule has 2 aromatic rings. The van der Waals surface area contributed by atoms with E-state index < -0.39 is 23.6 Å². The molecule has 0 saturated carbocycles. The van der Waals surface area contributed by atoms with E-state index in [9.17, 15) is 13.2 Å². The maximum absolute atomic E-state index is 13.9. The van der Waals surface area contributed by atoms with Crippen molar-refractivity contribution in [2.24, 2.45) is 5.73 Å². The minimum Gasteiger partial charge on any atom is -0.485 e. The van der Waals surface area contributed by atoms with Crippen LogP contribution in [0.3, 0.4) is 0 Å². The van der Waals surface area contributed by atoms with Gasteiger partial charge >= 0.3 is 0 Å². The van der Waals surface area contributed by atoms with Gasteiger partial charge in [-0.05, 0) is 18.2 Å². The third-order valence-electron chi connectivity index (χ3n) is 3.50. The molecule has 21 heavy (non-hydrogen) atoms. The average molecular weight is 358 g/mol. The molecule has 0 aromatic heterocycles. The lowest BCUT2D eigenvalue weighted by molar-refractivity contribution is 0.156. The predicted molar refractivity (Wildman–Crippen MR) is 75.4 cm³/mol. The Morgan fingerprint density at radius 1 is 1.00 bits per heavy atom. The summed E-state index contributed by atoms with van der Waals surface area (Å²) in [6.45, 7) is 0. The third-order valence-corrected chi connectivity index (χ3v) is 3.99. The first kappa shape index (κ1) is 14.4. The minimum atomic E-state index is -1.22. The molecule has 6 heteroatoms. The molecule has 2 nitrogen and oxygen atoms in total. The van der Waals surface area contributed by atoms with Crippen LogP contribution < -0.4 is 10.5 Å². The van der Waals surface area contributed by atoms with E-state index in [0.29, 0.717) is 11.8 Å². The molecule has 110 valence electrons.